The first kappa shape index (κ1) is 14.2. The molecule has 1 atom stereocenters. The van der Waals surface area contributed by atoms with E-state index >= 15 is 0 Å². The van der Waals surface area contributed by atoms with Crippen molar-refractivity contribution in [2.24, 2.45) is 0 Å². The Morgan fingerprint density at radius 1 is 0.842 bits per heavy atom. The molecule has 0 amide bonds. The molecule has 100 valence electrons. The van der Waals surface area contributed by atoms with E-state index in [9.17, 15) is 8.78 Å². The molecule has 19 heavy (non-hydrogen) atoms. The Balaban J connectivity index is 2.46. The lowest BCUT2D eigenvalue weighted by Gasteiger charge is -2.14. The van der Waals surface area contributed by atoms with E-state index < -0.39 is 0 Å². The van der Waals surface area contributed by atoms with Crippen LogP contribution in [-0.2, 0) is 0 Å². The van der Waals surface area contributed by atoms with Gasteiger partial charge in [0.15, 0.2) is 0 Å². The van der Waals surface area contributed by atoms with E-state index in [0.717, 1.165) is 11.1 Å². The van der Waals surface area contributed by atoms with Crippen molar-refractivity contribution >= 4 is 15.9 Å². The summed E-state index contributed by atoms with van der Waals surface area (Å²) in [5.41, 5.74) is 3.88. The molecule has 0 radical (unpaired) electrons. The van der Waals surface area contributed by atoms with Gasteiger partial charge < -0.3 is 0 Å². The standard InChI is InChI=1S/C16H15BrF2/c1-9-4-5-12(6-10(9)2)16(17)13-8-14(18)11(3)7-15(13)19/h4-8,16H,1-3H3. The number of hydrogen-bond donors (Lipinski definition) is 0. The minimum atomic E-state index is -0.390. The van der Waals surface area contributed by atoms with Crippen molar-refractivity contribution in [1.82, 2.24) is 0 Å². The molecule has 0 saturated heterocycles. The van der Waals surface area contributed by atoms with Gasteiger partial charge in [-0.2, -0.15) is 0 Å². The van der Waals surface area contributed by atoms with Crippen LogP contribution >= 0.6 is 15.9 Å². The molecule has 0 aliphatic rings. The third-order valence-electron chi connectivity index (χ3n) is 3.37. The fraction of sp³-hybridized carbons (Fsp3) is 0.250. The second-order valence-electron chi connectivity index (χ2n) is 4.83. The maximum absolute atomic E-state index is 13.9. The van der Waals surface area contributed by atoms with Gasteiger partial charge in [0.2, 0.25) is 0 Å². The number of benzene rings is 2. The summed E-state index contributed by atoms with van der Waals surface area (Å²) in [4.78, 5) is -0.345. The van der Waals surface area contributed by atoms with Gasteiger partial charge in [0.05, 0.1) is 4.83 Å². The van der Waals surface area contributed by atoms with Crippen LogP contribution in [0.5, 0.6) is 0 Å². The first-order valence-corrected chi connectivity index (χ1v) is 6.98. The fourth-order valence-corrected chi connectivity index (χ4v) is 2.59. The van der Waals surface area contributed by atoms with Crippen LogP contribution < -0.4 is 0 Å². The average molecular weight is 325 g/mol. The van der Waals surface area contributed by atoms with E-state index in [-0.39, 0.29) is 16.5 Å². The largest absolute Gasteiger partial charge is 0.207 e. The molecule has 0 aliphatic carbocycles. The topological polar surface area (TPSA) is 0 Å². The third-order valence-corrected chi connectivity index (χ3v) is 4.40. The second kappa shape index (κ2) is 5.41. The monoisotopic (exact) mass is 324 g/mol. The summed E-state index contributed by atoms with van der Waals surface area (Å²) in [7, 11) is 0. The molecule has 0 saturated carbocycles. The Hall–Kier alpha value is -1.22. The zero-order valence-electron chi connectivity index (χ0n) is 11.1. The maximum Gasteiger partial charge on any atom is 0.128 e. The number of rotatable bonds is 2. The summed E-state index contributed by atoms with van der Waals surface area (Å²) in [6, 6.07) is 8.41. The predicted molar refractivity (Wildman–Crippen MR) is 77.8 cm³/mol. The van der Waals surface area contributed by atoms with Gasteiger partial charge in [-0.3, -0.25) is 0 Å². The van der Waals surface area contributed by atoms with Crippen molar-refractivity contribution in [2.75, 3.05) is 0 Å². The summed E-state index contributed by atoms with van der Waals surface area (Å²) in [6.07, 6.45) is 0. The molecular weight excluding hydrogens is 310 g/mol. The molecule has 0 fully saturated rings. The van der Waals surface area contributed by atoms with Crippen molar-refractivity contribution in [3.63, 3.8) is 0 Å². The van der Waals surface area contributed by atoms with Gasteiger partial charge in [0.25, 0.3) is 0 Å². The lowest BCUT2D eigenvalue weighted by molar-refractivity contribution is 0.581. The van der Waals surface area contributed by atoms with Crippen LogP contribution in [0.1, 0.15) is 32.6 Å². The number of halogens is 3. The Labute approximate surface area is 120 Å². The van der Waals surface area contributed by atoms with Crippen LogP contribution in [0, 0.1) is 32.4 Å². The number of hydrogen-bond acceptors (Lipinski definition) is 0. The van der Waals surface area contributed by atoms with Crippen molar-refractivity contribution in [3.8, 4) is 0 Å². The molecule has 0 spiro atoms. The van der Waals surface area contributed by atoms with E-state index in [4.69, 9.17) is 0 Å². The zero-order chi connectivity index (χ0) is 14.2. The molecule has 0 N–H and O–H groups in total. The molecule has 1 unspecified atom stereocenters. The molecule has 0 aromatic heterocycles. The Kier molecular flexibility index (Phi) is 4.04. The van der Waals surface area contributed by atoms with Crippen LogP contribution in [-0.4, -0.2) is 0 Å². The summed E-state index contributed by atoms with van der Waals surface area (Å²) in [5, 5.41) is 0. The van der Waals surface area contributed by atoms with Gasteiger partial charge in [0.1, 0.15) is 11.6 Å². The Morgan fingerprint density at radius 3 is 2.16 bits per heavy atom. The molecule has 2 rings (SSSR count). The number of alkyl halides is 1. The van der Waals surface area contributed by atoms with Crippen molar-refractivity contribution in [1.29, 1.82) is 0 Å². The molecule has 0 bridgehead atoms. The molecule has 2 aromatic rings. The molecular formula is C16H15BrF2. The van der Waals surface area contributed by atoms with Crippen molar-refractivity contribution in [3.05, 3.63) is 69.8 Å². The first-order chi connectivity index (χ1) is 8.90. The highest BCUT2D eigenvalue weighted by Gasteiger charge is 2.17. The average Bonchev–Trinajstić information content (AvgIpc) is 2.36. The fourth-order valence-electron chi connectivity index (χ4n) is 1.96. The van der Waals surface area contributed by atoms with E-state index in [0.29, 0.717) is 11.1 Å². The highest BCUT2D eigenvalue weighted by Crippen LogP contribution is 2.34. The smallest absolute Gasteiger partial charge is 0.128 e. The first-order valence-electron chi connectivity index (χ1n) is 6.07. The van der Waals surface area contributed by atoms with E-state index in [1.165, 1.54) is 17.7 Å². The lowest BCUT2D eigenvalue weighted by atomic mass is 9.99. The van der Waals surface area contributed by atoms with Crippen LogP contribution in [0.3, 0.4) is 0 Å². The van der Waals surface area contributed by atoms with Gasteiger partial charge in [-0.15, -0.1) is 0 Å². The van der Waals surface area contributed by atoms with Crippen LogP contribution in [0.15, 0.2) is 30.3 Å². The summed E-state index contributed by atoms with van der Waals surface area (Å²) in [6.45, 7) is 5.58. The molecule has 3 heteroatoms. The highest BCUT2D eigenvalue weighted by molar-refractivity contribution is 9.09. The normalized spacial score (nSPS) is 12.5. The van der Waals surface area contributed by atoms with Crippen molar-refractivity contribution < 1.29 is 8.78 Å². The minimum Gasteiger partial charge on any atom is -0.207 e. The molecule has 2 aromatic carbocycles. The van der Waals surface area contributed by atoms with Gasteiger partial charge in [-0.05, 0) is 55.2 Å². The quantitative estimate of drug-likeness (QED) is 0.651. The lowest BCUT2D eigenvalue weighted by Crippen LogP contribution is -2.00. The van der Waals surface area contributed by atoms with Crippen LogP contribution in [0.25, 0.3) is 0 Å². The van der Waals surface area contributed by atoms with Crippen LogP contribution in [0.4, 0.5) is 8.78 Å². The highest BCUT2D eigenvalue weighted by atomic mass is 79.9. The van der Waals surface area contributed by atoms with Crippen molar-refractivity contribution in [2.45, 2.75) is 25.6 Å². The SMILES string of the molecule is Cc1ccc(C(Br)c2cc(F)c(C)cc2F)cc1C. The number of aryl methyl sites for hydroxylation is 3. The Bertz CT molecular complexity index is 620. The molecule has 0 aliphatic heterocycles. The molecule has 0 heterocycles. The Morgan fingerprint density at radius 2 is 1.53 bits per heavy atom. The van der Waals surface area contributed by atoms with E-state index in [2.05, 4.69) is 15.9 Å². The minimum absolute atomic E-state index is 0.320. The van der Waals surface area contributed by atoms with Gasteiger partial charge >= 0.3 is 0 Å². The summed E-state index contributed by atoms with van der Waals surface area (Å²) >= 11 is 3.46. The van der Waals surface area contributed by atoms with E-state index in [1.807, 2.05) is 32.0 Å². The predicted octanol–water partition coefficient (Wildman–Crippen LogP) is 5.37. The van der Waals surface area contributed by atoms with Gasteiger partial charge in [-0.1, -0.05) is 34.1 Å². The summed E-state index contributed by atoms with van der Waals surface area (Å²) in [5.74, 6) is -0.774. The van der Waals surface area contributed by atoms with Crippen LogP contribution in [0.2, 0.25) is 0 Å². The van der Waals surface area contributed by atoms with Gasteiger partial charge in [-0.25, -0.2) is 8.78 Å². The zero-order valence-corrected chi connectivity index (χ0v) is 12.7. The maximum atomic E-state index is 13.9. The summed E-state index contributed by atoms with van der Waals surface area (Å²) < 4.78 is 27.5. The second-order valence-corrected chi connectivity index (χ2v) is 5.74. The third kappa shape index (κ3) is 2.86. The molecule has 0 nitrogen and oxygen atoms in total. The van der Waals surface area contributed by atoms with Gasteiger partial charge in [0, 0.05) is 5.56 Å². The van der Waals surface area contributed by atoms with E-state index in [1.54, 1.807) is 6.92 Å².